The van der Waals surface area contributed by atoms with Gasteiger partial charge in [0.05, 0.1) is 0 Å². The van der Waals surface area contributed by atoms with Gasteiger partial charge < -0.3 is 5.11 Å². The van der Waals surface area contributed by atoms with Gasteiger partial charge in [0, 0.05) is 24.2 Å². The highest BCUT2D eigenvalue weighted by molar-refractivity contribution is 5.66. The lowest BCUT2D eigenvalue weighted by Gasteiger charge is -2.07. The lowest BCUT2D eigenvalue weighted by molar-refractivity contribution is -0.522. The molecule has 5 heteroatoms. The third kappa shape index (κ3) is 17.0. The number of nitrogens with zero attached hydrogens (tertiary/aromatic N) is 1. The largest absolute Gasteiger partial charge is 0.481 e. The number of rotatable bonds is 17. The van der Waals surface area contributed by atoms with E-state index in [1.54, 1.807) is 0 Å². The number of carboxylic acid groups (broad SMARTS) is 1. The van der Waals surface area contributed by atoms with E-state index in [1.165, 1.54) is 19.3 Å². The summed E-state index contributed by atoms with van der Waals surface area (Å²) in [7, 11) is 0. The van der Waals surface area contributed by atoms with Gasteiger partial charge in [-0.15, -0.1) is 0 Å². The van der Waals surface area contributed by atoms with E-state index >= 15 is 0 Å². The quantitative estimate of drug-likeness (QED) is 0.152. The van der Waals surface area contributed by atoms with Crippen LogP contribution in [0.5, 0.6) is 0 Å². The molecule has 0 bridgehead atoms. The summed E-state index contributed by atoms with van der Waals surface area (Å²) >= 11 is 0. The molecular formula is C20H35NO4. The van der Waals surface area contributed by atoms with Gasteiger partial charge in [0.25, 0.3) is 0 Å². The van der Waals surface area contributed by atoms with E-state index in [0.29, 0.717) is 19.3 Å². The van der Waals surface area contributed by atoms with Crippen LogP contribution in [-0.2, 0) is 4.79 Å². The molecule has 25 heavy (non-hydrogen) atoms. The van der Waals surface area contributed by atoms with Crippen molar-refractivity contribution >= 4 is 5.97 Å². The van der Waals surface area contributed by atoms with Crippen LogP contribution >= 0.6 is 0 Å². The summed E-state index contributed by atoms with van der Waals surface area (Å²) < 4.78 is 0. The Balaban J connectivity index is 3.75. The minimum Gasteiger partial charge on any atom is -0.481 e. The maximum absolute atomic E-state index is 11.1. The van der Waals surface area contributed by atoms with Crippen molar-refractivity contribution in [3.8, 4) is 0 Å². The van der Waals surface area contributed by atoms with Crippen molar-refractivity contribution < 1.29 is 14.8 Å². The molecule has 0 aromatic rings. The summed E-state index contributed by atoms with van der Waals surface area (Å²) in [6.07, 6.45) is 19.6. The van der Waals surface area contributed by atoms with E-state index in [0.717, 1.165) is 38.5 Å². The number of hydrogen-bond acceptors (Lipinski definition) is 3. The molecule has 0 aromatic carbocycles. The fourth-order valence-electron chi connectivity index (χ4n) is 2.65. The Labute approximate surface area is 152 Å². The van der Waals surface area contributed by atoms with Gasteiger partial charge in [-0.25, -0.2) is 0 Å². The van der Waals surface area contributed by atoms with Crippen molar-refractivity contribution in [2.75, 3.05) is 0 Å². The maximum Gasteiger partial charge on any atom is 0.303 e. The highest BCUT2D eigenvalue weighted by Gasteiger charge is 2.17. The second kappa shape index (κ2) is 17.2. The third-order valence-electron chi connectivity index (χ3n) is 4.21. The van der Waals surface area contributed by atoms with Gasteiger partial charge in [-0.1, -0.05) is 63.3 Å². The Bertz CT molecular complexity index is 405. The Morgan fingerprint density at radius 3 is 2.36 bits per heavy atom. The average Bonchev–Trinajstić information content (AvgIpc) is 2.57. The molecule has 0 saturated heterocycles. The zero-order valence-electron chi connectivity index (χ0n) is 15.7. The molecule has 1 unspecified atom stereocenters. The van der Waals surface area contributed by atoms with Crippen LogP contribution < -0.4 is 0 Å². The molecule has 0 heterocycles. The van der Waals surface area contributed by atoms with E-state index in [9.17, 15) is 14.9 Å². The molecular weight excluding hydrogens is 318 g/mol. The van der Waals surface area contributed by atoms with Crippen molar-refractivity contribution in [1.82, 2.24) is 0 Å². The van der Waals surface area contributed by atoms with Gasteiger partial charge in [0.15, 0.2) is 0 Å². The second-order valence-electron chi connectivity index (χ2n) is 6.55. The van der Waals surface area contributed by atoms with E-state index in [-0.39, 0.29) is 11.3 Å². The number of aliphatic carboxylic acids is 1. The van der Waals surface area contributed by atoms with E-state index in [1.807, 2.05) is 12.2 Å². The Kier molecular flexibility index (Phi) is 16.0. The van der Waals surface area contributed by atoms with Crippen molar-refractivity contribution in [3.63, 3.8) is 0 Å². The molecule has 0 saturated carbocycles. The lowest BCUT2D eigenvalue weighted by atomic mass is 10.0. The molecule has 144 valence electrons. The van der Waals surface area contributed by atoms with E-state index < -0.39 is 12.0 Å². The maximum atomic E-state index is 11.1. The van der Waals surface area contributed by atoms with Gasteiger partial charge in [0.2, 0.25) is 6.04 Å². The molecule has 0 aliphatic heterocycles. The van der Waals surface area contributed by atoms with Crippen molar-refractivity contribution in [2.45, 2.75) is 96.4 Å². The van der Waals surface area contributed by atoms with Gasteiger partial charge in [-0.2, -0.15) is 0 Å². The first-order valence-electron chi connectivity index (χ1n) is 9.73. The zero-order valence-corrected chi connectivity index (χ0v) is 15.7. The predicted octanol–water partition coefficient (Wildman–Crippen LogP) is 5.92. The minimum atomic E-state index is -0.754. The summed E-state index contributed by atoms with van der Waals surface area (Å²) in [5.41, 5.74) is 0. The van der Waals surface area contributed by atoms with Crippen LogP contribution in [0.25, 0.3) is 0 Å². The van der Waals surface area contributed by atoms with Crippen LogP contribution in [0, 0.1) is 10.1 Å². The van der Waals surface area contributed by atoms with E-state index in [2.05, 4.69) is 19.1 Å². The molecule has 0 aliphatic rings. The first-order chi connectivity index (χ1) is 12.1. The molecule has 0 fully saturated rings. The number of nitro groups is 1. The Morgan fingerprint density at radius 1 is 1.00 bits per heavy atom. The standard InChI is InChI=1S/C20H35NO4/c1-2-3-4-5-6-7-8-10-13-16-19(21(24)25)17-14-11-9-12-15-18-20(22)23/h6-7,10,13,19H,2-5,8-9,11-12,14-18H2,1H3,(H,22,23)/b7-6?,13-10+. The van der Waals surface area contributed by atoms with Crippen molar-refractivity contribution in [1.29, 1.82) is 0 Å². The Hall–Kier alpha value is -1.65. The van der Waals surface area contributed by atoms with Crippen molar-refractivity contribution in [2.24, 2.45) is 0 Å². The molecule has 0 amide bonds. The van der Waals surface area contributed by atoms with Gasteiger partial charge in [0.1, 0.15) is 0 Å². The average molecular weight is 354 g/mol. The molecule has 0 rings (SSSR count). The van der Waals surface area contributed by atoms with Crippen LogP contribution in [0.3, 0.4) is 0 Å². The number of carboxylic acids is 1. The summed E-state index contributed by atoms with van der Waals surface area (Å²) in [6, 6.07) is -0.496. The second-order valence-corrected chi connectivity index (χ2v) is 6.55. The van der Waals surface area contributed by atoms with Crippen LogP contribution in [0.15, 0.2) is 24.3 Å². The number of unbranched alkanes of at least 4 members (excludes halogenated alkanes) is 7. The predicted molar refractivity (Wildman–Crippen MR) is 102 cm³/mol. The van der Waals surface area contributed by atoms with Crippen LogP contribution in [-0.4, -0.2) is 22.0 Å². The van der Waals surface area contributed by atoms with Gasteiger partial charge >= 0.3 is 5.97 Å². The molecule has 5 nitrogen and oxygen atoms in total. The summed E-state index contributed by atoms with van der Waals surface area (Å²) in [6.45, 7) is 2.19. The van der Waals surface area contributed by atoms with Crippen molar-refractivity contribution in [3.05, 3.63) is 34.4 Å². The molecule has 0 aliphatic carbocycles. The SMILES string of the molecule is CCCCCC=CC/C=C/CC(CCCCCCCC(=O)O)[N+](=O)[O-]. The fourth-order valence-corrected chi connectivity index (χ4v) is 2.65. The third-order valence-corrected chi connectivity index (χ3v) is 4.21. The smallest absolute Gasteiger partial charge is 0.303 e. The topological polar surface area (TPSA) is 80.4 Å². The molecule has 0 spiro atoms. The highest BCUT2D eigenvalue weighted by atomic mass is 16.6. The first-order valence-corrected chi connectivity index (χ1v) is 9.73. The van der Waals surface area contributed by atoms with Crippen LogP contribution in [0.4, 0.5) is 0 Å². The molecule has 1 atom stereocenters. The number of allylic oxidation sites excluding steroid dienone is 3. The number of carbonyl (C=O) groups is 1. The first kappa shape index (κ1) is 23.4. The summed E-state index contributed by atoms with van der Waals surface area (Å²) in [5, 5.41) is 19.6. The summed E-state index contributed by atoms with van der Waals surface area (Å²) in [5.74, 6) is -0.754. The molecule has 0 radical (unpaired) electrons. The Morgan fingerprint density at radius 2 is 1.68 bits per heavy atom. The molecule has 0 aromatic heterocycles. The normalized spacial score (nSPS) is 12.8. The monoisotopic (exact) mass is 353 g/mol. The fraction of sp³-hybridized carbons (Fsp3) is 0.750. The highest BCUT2D eigenvalue weighted by Crippen LogP contribution is 2.13. The summed E-state index contributed by atoms with van der Waals surface area (Å²) in [4.78, 5) is 21.3. The van der Waals surface area contributed by atoms with Gasteiger partial charge in [-0.05, 0) is 32.1 Å². The lowest BCUT2D eigenvalue weighted by Crippen LogP contribution is -2.18. The minimum absolute atomic E-state index is 0.171. The van der Waals surface area contributed by atoms with Gasteiger partial charge in [-0.3, -0.25) is 14.9 Å². The van der Waals surface area contributed by atoms with Crippen LogP contribution in [0.2, 0.25) is 0 Å². The number of hydrogen-bond donors (Lipinski definition) is 1. The zero-order chi connectivity index (χ0) is 18.8. The van der Waals surface area contributed by atoms with Crippen LogP contribution in [0.1, 0.15) is 90.4 Å². The molecule has 1 N–H and O–H groups in total. The van der Waals surface area contributed by atoms with E-state index in [4.69, 9.17) is 5.11 Å².